The van der Waals surface area contributed by atoms with E-state index in [1.807, 2.05) is 81.4 Å². The first-order valence-corrected chi connectivity index (χ1v) is 16.4. The average molecular weight is 632 g/mol. The number of nitrogens with one attached hydrogen (secondary N) is 1. The molecule has 0 aliphatic carbocycles. The van der Waals surface area contributed by atoms with Crippen LogP contribution in [0, 0.1) is 13.8 Å². The fraction of sp³-hybridized carbons (Fsp3) is 0.257. The van der Waals surface area contributed by atoms with Gasteiger partial charge in [-0.1, -0.05) is 90.8 Å². The van der Waals surface area contributed by atoms with Crippen LogP contribution in [0.4, 0.5) is 5.69 Å². The summed E-state index contributed by atoms with van der Waals surface area (Å²) in [5.74, 6) is -0.795. The molecule has 0 aromatic heterocycles. The normalized spacial score (nSPS) is 11.9. The lowest BCUT2D eigenvalue weighted by atomic mass is 10.0. The number of hydrogen-bond acceptors (Lipinski definition) is 4. The zero-order chi connectivity index (χ0) is 31.7. The summed E-state index contributed by atoms with van der Waals surface area (Å²) < 4.78 is 29.3. The third-order valence-electron chi connectivity index (χ3n) is 7.26. The summed E-state index contributed by atoms with van der Waals surface area (Å²) in [6.07, 6.45) is 0.999. The molecule has 9 heteroatoms. The van der Waals surface area contributed by atoms with Crippen molar-refractivity contribution < 1.29 is 18.0 Å². The Morgan fingerprint density at radius 2 is 1.50 bits per heavy atom. The highest BCUT2D eigenvalue weighted by molar-refractivity contribution is 7.92. The SMILES string of the molecule is CCCNC(=O)[C@@H](Cc1ccccc1)N(Cc1ccc(C)cc1)C(=O)CN(c1cccc(C)c1)S(=O)(=O)c1ccc(Cl)cc1. The lowest BCUT2D eigenvalue weighted by Crippen LogP contribution is -2.53. The molecule has 0 heterocycles. The van der Waals surface area contributed by atoms with Gasteiger partial charge < -0.3 is 10.2 Å². The molecule has 2 amide bonds. The minimum atomic E-state index is -4.19. The number of nitrogens with zero attached hydrogens (tertiary/aromatic N) is 2. The second kappa shape index (κ2) is 15.0. The van der Waals surface area contributed by atoms with Gasteiger partial charge in [-0.15, -0.1) is 0 Å². The molecule has 0 bridgehead atoms. The van der Waals surface area contributed by atoms with Crippen molar-refractivity contribution in [3.8, 4) is 0 Å². The molecule has 0 unspecified atom stereocenters. The zero-order valence-corrected chi connectivity index (χ0v) is 26.8. The minimum Gasteiger partial charge on any atom is -0.354 e. The van der Waals surface area contributed by atoms with Crippen LogP contribution >= 0.6 is 11.6 Å². The second-order valence-electron chi connectivity index (χ2n) is 10.8. The van der Waals surface area contributed by atoms with Crippen LogP contribution in [0.2, 0.25) is 5.02 Å². The lowest BCUT2D eigenvalue weighted by molar-refractivity contribution is -0.140. The van der Waals surface area contributed by atoms with E-state index in [0.29, 0.717) is 17.3 Å². The smallest absolute Gasteiger partial charge is 0.264 e. The molecule has 7 nitrogen and oxygen atoms in total. The molecule has 0 saturated heterocycles. The molecule has 0 spiro atoms. The lowest BCUT2D eigenvalue weighted by Gasteiger charge is -2.34. The highest BCUT2D eigenvalue weighted by Gasteiger charge is 2.34. The van der Waals surface area contributed by atoms with E-state index in [1.54, 1.807) is 18.2 Å². The Kier molecular flexibility index (Phi) is 11.2. The van der Waals surface area contributed by atoms with Crippen LogP contribution in [0.15, 0.2) is 108 Å². The first-order valence-electron chi connectivity index (χ1n) is 14.6. The van der Waals surface area contributed by atoms with Crippen LogP contribution in [0.25, 0.3) is 0 Å². The number of rotatable bonds is 13. The third kappa shape index (κ3) is 8.49. The summed E-state index contributed by atoms with van der Waals surface area (Å²) in [6, 6.07) is 29.2. The van der Waals surface area contributed by atoms with E-state index in [0.717, 1.165) is 33.0 Å². The Morgan fingerprint density at radius 1 is 0.818 bits per heavy atom. The molecule has 4 aromatic carbocycles. The molecular formula is C35H38ClN3O4S. The number of halogens is 1. The molecule has 4 aromatic rings. The Morgan fingerprint density at radius 3 is 2.14 bits per heavy atom. The predicted octanol–water partition coefficient (Wildman–Crippen LogP) is 6.32. The maximum Gasteiger partial charge on any atom is 0.264 e. The monoisotopic (exact) mass is 631 g/mol. The van der Waals surface area contributed by atoms with Crippen molar-refractivity contribution in [2.24, 2.45) is 0 Å². The molecule has 4 rings (SSSR count). The second-order valence-corrected chi connectivity index (χ2v) is 13.1. The van der Waals surface area contributed by atoms with Crippen molar-refractivity contribution in [2.75, 3.05) is 17.4 Å². The number of benzene rings is 4. The van der Waals surface area contributed by atoms with Gasteiger partial charge in [0, 0.05) is 24.5 Å². The summed E-state index contributed by atoms with van der Waals surface area (Å²) >= 11 is 6.05. The van der Waals surface area contributed by atoms with Crippen LogP contribution < -0.4 is 9.62 Å². The van der Waals surface area contributed by atoms with Gasteiger partial charge in [0.15, 0.2) is 0 Å². The zero-order valence-electron chi connectivity index (χ0n) is 25.2. The van der Waals surface area contributed by atoms with Gasteiger partial charge in [-0.05, 0) is 73.4 Å². The maximum atomic E-state index is 14.4. The van der Waals surface area contributed by atoms with Crippen LogP contribution in [-0.2, 0) is 32.6 Å². The van der Waals surface area contributed by atoms with E-state index < -0.39 is 28.5 Å². The fourth-order valence-corrected chi connectivity index (χ4v) is 6.39. The van der Waals surface area contributed by atoms with E-state index in [4.69, 9.17) is 11.6 Å². The van der Waals surface area contributed by atoms with Gasteiger partial charge >= 0.3 is 0 Å². The minimum absolute atomic E-state index is 0.00261. The van der Waals surface area contributed by atoms with Crippen molar-refractivity contribution in [1.29, 1.82) is 0 Å². The van der Waals surface area contributed by atoms with Gasteiger partial charge in [0.05, 0.1) is 10.6 Å². The van der Waals surface area contributed by atoms with Gasteiger partial charge in [0.25, 0.3) is 10.0 Å². The van der Waals surface area contributed by atoms with E-state index >= 15 is 0 Å². The first kappa shape index (κ1) is 32.8. The number of sulfonamides is 1. The highest BCUT2D eigenvalue weighted by atomic mass is 35.5. The maximum absolute atomic E-state index is 14.4. The Hall–Kier alpha value is -4.14. The highest BCUT2D eigenvalue weighted by Crippen LogP contribution is 2.26. The first-order chi connectivity index (χ1) is 21.1. The van der Waals surface area contributed by atoms with Gasteiger partial charge in [-0.25, -0.2) is 8.42 Å². The molecule has 0 fully saturated rings. The van der Waals surface area contributed by atoms with Gasteiger partial charge in [-0.2, -0.15) is 0 Å². The van der Waals surface area contributed by atoms with E-state index in [2.05, 4.69) is 5.32 Å². The summed E-state index contributed by atoms with van der Waals surface area (Å²) in [7, 11) is -4.19. The largest absolute Gasteiger partial charge is 0.354 e. The molecule has 44 heavy (non-hydrogen) atoms. The molecule has 0 radical (unpaired) electrons. The Balaban J connectivity index is 1.79. The number of amides is 2. The van der Waals surface area contributed by atoms with Gasteiger partial charge in [-0.3, -0.25) is 13.9 Å². The quantitative estimate of drug-likeness (QED) is 0.187. The number of aryl methyl sites for hydroxylation is 2. The van der Waals surface area contributed by atoms with E-state index in [1.165, 1.54) is 29.2 Å². The van der Waals surface area contributed by atoms with Crippen molar-refractivity contribution in [1.82, 2.24) is 10.2 Å². The standard InChI is InChI=1S/C35H38ClN3O4S/c1-4-21-37-35(41)33(23-28-10-6-5-7-11-28)38(24-29-15-13-26(2)14-16-29)34(40)25-39(31-12-8-9-27(3)22-31)44(42,43)32-19-17-30(36)18-20-32/h5-20,22,33H,4,21,23-25H2,1-3H3,(H,37,41)/t33-/m1/s1. The van der Waals surface area contributed by atoms with Gasteiger partial charge in [0.2, 0.25) is 11.8 Å². The van der Waals surface area contributed by atoms with Crippen LogP contribution in [0.5, 0.6) is 0 Å². The summed E-state index contributed by atoms with van der Waals surface area (Å²) in [5.41, 5.74) is 3.96. The van der Waals surface area contributed by atoms with Crippen LogP contribution in [0.3, 0.4) is 0 Å². The molecular weight excluding hydrogens is 594 g/mol. The fourth-order valence-electron chi connectivity index (χ4n) is 4.86. The molecule has 0 aliphatic heterocycles. The molecule has 1 atom stereocenters. The number of anilines is 1. The topological polar surface area (TPSA) is 86.8 Å². The van der Waals surface area contributed by atoms with E-state index in [-0.39, 0.29) is 23.8 Å². The number of carbonyl (C=O) groups is 2. The summed E-state index contributed by atoms with van der Waals surface area (Å²) in [4.78, 5) is 29.6. The molecule has 0 aliphatic rings. The van der Waals surface area contributed by atoms with E-state index in [9.17, 15) is 18.0 Å². The average Bonchev–Trinajstić information content (AvgIpc) is 3.01. The summed E-state index contributed by atoms with van der Waals surface area (Å²) in [6.45, 7) is 5.87. The van der Waals surface area contributed by atoms with Crippen molar-refractivity contribution in [3.63, 3.8) is 0 Å². The van der Waals surface area contributed by atoms with Crippen molar-refractivity contribution in [3.05, 3.63) is 130 Å². The summed E-state index contributed by atoms with van der Waals surface area (Å²) in [5, 5.41) is 3.36. The molecule has 0 saturated carbocycles. The Labute approximate surface area is 265 Å². The number of hydrogen-bond donors (Lipinski definition) is 1. The molecule has 230 valence electrons. The Bertz CT molecular complexity index is 1660. The predicted molar refractivity (Wildman–Crippen MR) is 176 cm³/mol. The van der Waals surface area contributed by atoms with Crippen LogP contribution in [-0.4, -0.2) is 44.3 Å². The van der Waals surface area contributed by atoms with Crippen LogP contribution in [0.1, 0.15) is 35.6 Å². The van der Waals surface area contributed by atoms with Crippen molar-refractivity contribution in [2.45, 2.75) is 51.1 Å². The third-order valence-corrected chi connectivity index (χ3v) is 9.30. The van der Waals surface area contributed by atoms with Gasteiger partial charge in [0.1, 0.15) is 12.6 Å². The molecule has 1 N–H and O–H groups in total. The van der Waals surface area contributed by atoms with Crippen molar-refractivity contribution >= 4 is 39.1 Å². The number of carbonyl (C=O) groups excluding carboxylic acids is 2.